The normalized spacial score (nSPS) is 13.8. The number of amides is 1. The third-order valence-electron chi connectivity index (χ3n) is 3.73. The lowest BCUT2D eigenvalue weighted by Gasteiger charge is -2.24. The van der Waals surface area contributed by atoms with Crippen LogP contribution in [0.1, 0.15) is 20.3 Å². The van der Waals surface area contributed by atoms with Crippen molar-refractivity contribution in [1.82, 2.24) is 9.97 Å². The number of rotatable bonds is 5. The molecule has 106 valence electrons. The SMILES string of the molecule is CCC(C)(CN)C(=O)Nc1ccc(-c2cnc[nH]2)cc1. The van der Waals surface area contributed by atoms with Gasteiger partial charge in [-0.15, -0.1) is 0 Å². The van der Waals surface area contributed by atoms with Gasteiger partial charge in [0.05, 0.1) is 23.6 Å². The first kappa shape index (κ1) is 14.3. The molecule has 1 heterocycles. The molecule has 2 rings (SSSR count). The number of anilines is 1. The third-order valence-corrected chi connectivity index (χ3v) is 3.73. The predicted octanol–water partition coefficient (Wildman–Crippen LogP) is 2.39. The molecular formula is C15H20N4O. The first-order valence-electron chi connectivity index (χ1n) is 6.69. The Hall–Kier alpha value is -2.14. The summed E-state index contributed by atoms with van der Waals surface area (Å²) < 4.78 is 0. The number of benzene rings is 1. The summed E-state index contributed by atoms with van der Waals surface area (Å²) in [5.74, 6) is -0.0446. The van der Waals surface area contributed by atoms with Gasteiger partial charge in [-0.05, 0) is 31.0 Å². The van der Waals surface area contributed by atoms with Gasteiger partial charge in [-0.25, -0.2) is 4.98 Å². The predicted molar refractivity (Wildman–Crippen MR) is 80.1 cm³/mol. The maximum atomic E-state index is 12.2. The largest absolute Gasteiger partial charge is 0.345 e. The second-order valence-corrected chi connectivity index (χ2v) is 5.12. The van der Waals surface area contributed by atoms with E-state index in [9.17, 15) is 4.79 Å². The monoisotopic (exact) mass is 272 g/mol. The fraction of sp³-hybridized carbons (Fsp3) is 0.333. The van der Waals surface area contributed by atoms with Crippen LogP contribution in [0, 0.1) is 5.41 Å². The Labute approximate surface area is 118 Å². The van der Waals surface area contributed by atoms with E-state index in [0.717, 1.165) is 16.9 Å². The molecule has 20 heavy (non-hydrogen) atoms. The van der Waals surface area contributed by atoms with Crippen LogP contribution in [-0.2, 0) is 4.79 Å². The van der Waals surface area contributed by atoms with E-state index < -0.39 is 5.41 Å². The first-order chi connectivity index (χ1) is 9.59. The van der Waals surface area contributed by atoms with Crippen molar-refractivity contribution in [2.24, 2.45) is 11.1 Å². The van der Waals surface area contributed by atoms with Crippen LogP contribution in [0.3, 0.4) is 0 Å². The number of nitrogens with two attached hydrogens (primary N) is 1. The van der Waals surface area contributed by atoms with Gasteiger partial charge in [0, 0.05) is 12.2 Å². The number of imidazole rings is 1. The smallest absolute Gasteiger partial charge is 0.231 e. The van der Waals surface area contributed by atoms with Gasteiger partial charge in [0.15, 0.2) is 0 Å². The van der Waals surface area contributed by atoms with Crippen LogP contribution in [0.2, 0.25) is 0 Å². The van der Waals surface area contributed by atoms with Crippen molar-refractivity contribution in [2.45, 2.75) is 20.3 Å². The second kappa shape index (κ2) is 5.88. The van der Waals surface area contributed by atoms with Gasteiger partial charge in [0.1, 0.15) is 0 Å². The van der Waals surface area contributed by atoms with Gasteiger partial charge in [0.25, 0.3) is 0 Å². The van der Waals surface area contributed by atoms with Gasteiger partial charge >= 0.3 is 0 Å². The Morgan fingerprint density at radius 3 is 2.60 bits per heavy atom. The molecule has 0 aliphatic heterocycles. The molecule has 1 amide bonds. The van der Waals surface area contributed by atoms with E-state index in [0.29, 0.717) is 13.0 Å². The van der Waals surface area contributed by atoms with Gasteiger partial charge < -0.3 is 16.0 Å². The highest BCUT2D eigenvalue weighted by Gasteiger charge is 2.29. The van der Waals surface area contributed by atoms with E-state index in [1.165, 1.54) is 0 Å². The van der Waals surface area contributed by atoms with Crippen LogP contribution >= 0.6 is 0 Å². The van der Waals surface area contributed by atoms with E-state index in [-0.39, 0.29) is 5.91 Å². The van der Waals surface area contributed by atoms with E-state index in [1.54, 1.807) is 12.5 Å². The number of hydrogen-bond donors (Lipinski definition) is 3. The minimum absolute atomic E-state index is 0.0446. The third kappa shape index (κ3) is 2.88. The Morgan fingerprint density at radius 1 is 1.40 bits per heavy atom. The number of aromatic nitrogens is 2. The number of aromatic amines is 1. The Bertz CT molecular complexity index is 556. The molecule has 1 unspecified atom stereocenters. The summed E-state index contributed by atoms with van der Waals surface area (Å²) in [5.41, 5.74) is 7.91. The molecule has 1 aromatic heterocycles. The molecule has 0 saturated heterocycles. The molecule has 1 atom stereocenters. The number of carbonyl (C=O) groups excluding carboxylic acids is 1. The molecule has 0 aliphatic carbocycles. The number of H-pyrrole nitrogens is 1. The molecule has 0 saturated carbocycles. The van der Waals surface area contributed by atoms with Crippen LogP contribution in [-0.4, -0.2) is 22.4 Å². The Kier molecular flexibility index (Phi) is 4.20. The maximum Gasteiger partial charge on any atom is 0.231 e. The van der Waals surface area contributed by atoms with E-state index in [2.05, 4.69) is 15.3 Å². The molecule has 0 spiro atoms. The topological polar surface area (TPSA) is 83.8 Å². The van der Waals surface area contributed by atoms with E-state index in [1.807, 2.05) is 38.1 Å². The lowest BCUT2D eigenvalue weighted by atomic mass is 9.86. The summed E-state index contributed by atoms with van der Waals surface area (Å²) in [6.45, 7) is 4.18. The zero-order chi connectivity index (χ0) is 14.6. The average Bonchev–Trinajstić information content (AvgIpc) is 3.01. The Balaban J connectivity index is 2.10. The number of carbonyl (C=O) groups is 1. The quantitative estimate of drug-likeness (QED) is 0.781. The van der Waals surface area contributed by atoms with Crippen LogP contribution in [0.25, 0.3) is 11.3 Å². The van der Waals surface area contributed by atoms with Gasteiger partial charge in [-0.1, -0.05) is 19.1 Å². The van der Waals surface area contributed by atoms with Gasteiger partial charge in [0.2, 0.25) is 5.91 Å². The van der Waals surface area contributed by atoms with Crippen molar-refractivity contribution in [3.63, 3.8) is 0 Å². The van der Waals surface area contributed by atoms with Gasteiger partial charge in [-0.2, -0.15) is 0 Å². The van der Waals surface area contributed by atoms with Crippen LogP contribution in [0.5, 0.6) is 0 Å². The van der Waals surface area contributed by atoms with Crippen molar-refractivity contribution in [2.75, 3.05) is 11.9 Å². The van der Waals surface area contributed by atoms with Crippen LogP contribution < -0.4 is 11.1 Å². The number of nitrogens with one attached hydrogen (secondary N) is 2. The molecule has 0 aliphatic rings. The lowest BCUT2D eigenvalue weighted by molar-refractivity contribution is -0.124. The molecule has 0 radical (unpaired) electrons. The molecular weight excluding hydrogens is 252 g/mol. The zero-order valence-electron chi connectivity index (χ0n) is 11.8. The van der Waals surface area contributed by atoms with Crippen molar-refractivity contribution in [1.29, 1.82) is 0 Å². The fourth-order valence-electron chi connectivity index (χ4n) is 1.83. The van der Waals surface area contributed by atoms with Crippen LogP contribution in [0.15, 0.2) is 36.8 Å². The van der Waals surface area contributed by atoms with Gasteiger partial charge in [-0.3, -0.25) is 4.79 Å². The summed E-state index contributed by atoms with van der Waals surface area (Å²) in [6.07, 6.45) is 4.11. The molecule has 2 aromatic rings. The highest BCUT2D eigenvalue weighted by atomic mass is 16.2. The van der Waals surface area contributed by atoms with Crippen molar-refractivity contribution in [3.05, 3.63) is 36.8 Å². The average molecular weight is 272 g/mol. The van der Waals surface area contributed by atoms with E-state index >= 15 is 0 Å². The molecule has 5 heteroatoms. The highest BCUT2D eigenvalue weighted by molar-refractivity contribution is 5.95. The summed E-state index contributed by atoms with van der Waals surface area (Å²) in [7, 11) is 0. The molecule has 5 nitrogen and oxygen atoms in total. The van der Waals surface area contributed by atoms with Crippen molar-refractivity contribution in [3.8, 4) is 11.3 Å². The maximum absolute atomic E-state index is 12.2. The minimum Gasteiger partial charge on any atom is -0.345 e. The highest BCUT2D eigenvalue weighted by Crippen LogP contribution is 2.23. The van der Waals surface area contributed by atoms with Crippen molar-refractivity contribution < 1.29 is 4.79 Å². The number of hydrogen-bond acceptors (Lipinski definition) is 3. The summed E-state index contributed by atoms with van der Waals surface area (Å²) in [5, 5.41) is 2.91. The van der Waals surface area contributed by atoms with E-state index in [4.69, 9.17) is 5.73 Å². The second-order valence-electron chi connectivity index (χ2n) is 5.12. The molecule has 1 aromatic carbocycles. The van der Waals surface area contributed by atoms with Crippen molar-refractivity contribution >= 4 is 11.6 Å². The standard InChI is InChI=1S/C15H20N4O/c1-3-15(2,9-16)14(20)19-12-6-4-11(5-7-12)13-8-17-10-18-13/h4-8,10H,3,9,16H2,1-2H3,(H,17,18)(H,19,20). The summed E-state index contributed by atoms with van der Waals surface area (Å²) in [6, 6.07) is 7.63. The fourth-order valence-corrected chi connectivity index (χ4v) is 1.83. The zero-order valence-corrected chi connectivity index (χ0v) is 11.8. The first-order valence-corrected chi connectivity index (χ1v) is 6.69. The molecule has 4 N–H and O–H groups in total. The number of nitrogens with zero attached hydrogens (tertiary/aromatic N) is 1. The van der Waals surface area contributed by atoms with Crippen LogP contribution in [0.4, 0.5) is 5.69 Å². The Morgan fingerprint density at radius 2 is 2.10 bits per heavy atom. The lowest BCUT2D eigenvalue weighted by Crippen LogP contribution is -2.39. The molecule has 0 bridgehead atoms. The minimum atomic E-state index is -0.526. The molecule has 0 fully saturated rings. The summed E-state index contributed by atoms with van der Waals surface area (Å²) >= 11 is 0. The summed E-state index contributed by atoms with van der Waals surface area (Å²) in [4.78, 5) is 19.2.